The predicted molar refractivity (Wildman–Crippen MR) is 236 cm³/mol. The van der Waals surface area contributed by atoms with Crippen molar-refractivity contribution in [2.45, 2.75) is 64.4 Å². The van der Waals surface area contributed by atoms with Crippen molar-refractivity contribution >= 4 is 62.7 Å². The number of halogens is 4. The number of anilines is 2. The first-order valence-electron chi connectivity index (χ1n) is 21.2. The number of methoxy groups -OCH3 is 1. The largest absolute Gasteiger partial charge is 0.573 e. The minimum atomic E-state index is -5.00. The molecule has 2 aliphatic rings. The second kappa shape index (κ2) is 19.0. The number of amides is 5. The number of benzene rings is 4. The van der Waals surface area contributed by atoms with Gasteiger partial charge in [0.2, 0.25) is 29.0 Å². The van der Waals surface area contributed by atoms with Gasteiger partial charge in [-0.2, -0.15) is 0 Å². The van der Waals surface area contributed by atoms with Crippen LogP contribution in [0.5, 0.6) is 28.9 Å². The van der Waals surface area contributed by atoms with Crippen LogP contribution in [-0.4, -0.2) is 75.1 Å². The van der Waals surface area contributed by atoms with Crippen LogP contribution in [0.3, 0.4) is 0 Å². The van der Waals surface area contributed by atoms with E-state index in [0.29, 0.717) is 58.5 Å². The minimum Gasteiger partial charge on any atom is -0.493 e. The van der Waals surface area contributed by atoms with Crippen molar-refractivity contribution in [3.8, 4) is 28.9 Å². The van der Waals surface area contributed by atoms with Crippen molar-refractivity contribution < 1.29 is 60.5 Å². The number of aryl methyl sites for hydroxylation is 1. The number of aromatic nitrogens is 3. The van der Waals surface area contributed by atoms with Gasteiger partial charge in [-0.05, 0) is 92.8 Å². The lowest BCUT2D eigenvalue weighted by Crippen LogP contribution is -2.52. The van der Waals surface area contributed by atoms with Crippen molar-refractivity contribution in [3.63, 3.8) is 0 Å². The summed E-state index contributed by atoms with van der Waals surface area (Å²) in [6.07, 6.45) is -1.33. The van der Waals surface area contributed by atoms with E-state index < -0.39 is 41.2 Å². The molecule has 3 N–H and O–H groups in total. The average molecular weight is 940 g/mol. The van der Waals surface area contributed by atoms with E-state index in [-0.39, 0.29) is 89.6 Å². The third-order valence-corrected chi connectivity index (χ3v) is 11.5. The molecule has 1 atom stereocenters. The summed E-state index contributed by atoms with van der Waals surface area (Å²) in [5.41, 5.74) is 1.24. The van der Waals surface area contributed by atoms with Crippen LogP contribution in [0.2, 0.25) is 0 Å². The summed E-state index contributed by atoms with van der Waals surface area (Å²) >= 11 is 0. The first-order valence-corrected chi connectivity index (χ1v) is 21.2. The summed E-state index contributed by atoms with van der Waals surface area (Å²) in [6, 6.07) is 14.2. The number of unbranched alkanes of at least 4 members (excludes halogenated alkanes) is 2. The number of hydrogen-bond acceptors (Lipinski definition) is 12. The van der Waals surface area contributed by atoms with Gasteiger partial charge in [-0.3, -0.25) is 34.1 Å². The van der Waals surface area contributed by atoms with Crippen LogP contribution >= 0.6 is 0 Å². The molecule has 4 heterocycles. The van der Waals surface area contributed by atoms with Gasteiger partial charge in [-0.15, -0.1) is 13.2 Å². The fourth-order valence-electron chi connectivity index (χ4n) is 8.08. The molecule has 21 heteroatoms. The standard InChI is InChI=1S/C47H41F4N7O10/c1-24-41(42(61)31-19-28(68-47(49,50)51)10-12-34(31)57(24)2)44(63)55-27-9-14-36(32(48)18-27)67-45-30-20-37(65-3)38(21-33(30)52-23-53-45)66-16-6-4-5-7-39(59)54-26-8-11-29-25(17-26)22-58(46(29)64)35-13-15-40(60)56-43(35)62/h8-12,14,17-21,23,35H,4-7,13,15-16,22H2,1-3H3,(H,54,59)(H,55,63)(H,56,60,62). The molecule has 0 spiro atoms. The topological polar surface area (TPSA) is 209 Å². The van der Waals surface area contributed by atoms with E-state index in [2.05, 4.69) is 30.7 Å². The molecule has 2 aromatic heterocycles. The lowest BCUT2D eigenvalue weighted by molar-refractivity contribution is -0.274. The summed E-state index contributed by atoms with van der Waals surface area (Å²) in [7, 11) is 2.97. The van der Waals surface area contributed by atoms with Crippen molar-refractivity contribution in [1.82, 2.24) is 24.8 Å². The molecule has 5 amide bonds. The summed E-state index contributed by atoms with van der Waals surface area (Å²) in [5, 5.41) is 7.77. The maximum Gasteiger partial charge on any atom is 0.573 e. The van der Waals surface area contributed by atoms with Crippen LogP contribution in [0.1, 0.15) is 70.5 Å². The summed E-state index contributed by atoms with van der Waals surface area (Å²) < 4.78 is 77.0. The Balaban J connectivity index is 0.842. The fraction of sp³-hybridized carbons (Fsp3) is 0.277. The van der Waals surface area contributed by atoms with Crippen molar-refractivity contribution in [1.29, 1.82) is 0 Å². The molecule has 0 radical (unpaired) electrons. The molecule has 1 fully saturated rings. The normalized spacial score (nSPS) is 14.7. The molecule has 352 valence electrons. The molecule has 4 aromatic carbocycles. The zero-order chi connectivity index (χ0) is 48.4. The number of carbonyl (C=O) groups is 5. The number of nitrogens with zero attached hydrogens (tertiary/aromatic N) is 4. The first kappa shape index (κ1) is 46.4. The molecule has 8 rings (SSSR count). The first-order chi connectivity index (χ1) is 32.5. The number of nitrogens with one attached hydrogen (secondary N) is 3. The molecule has 1 saturated heterocycles. The fourth-order valence-corrected chi connectivity index (χ4v) is 8.08. The number of alkyl halides is 3. The molecule has 6 aromatic rings. The van der Waals surface area contributed by atoms with E-state index in [1.807, 2.05) is 0 Å². The summed E-state index contributed by atoms with van der Waals surface area (Å²) in [5.74, 6) is -3.45. The maximum absolute atomic E-state index is 15.5. The highest BCUT2D eigenvalue weighted by molar-refractivity contribution is 6.07. The highest BCUT2D eigenvalue weighted by Gasteiger charge is 2.39. The van der Waals surface area contributed by atoms with E-state index in [0.717, 1.165) is 18.2 Å². The molecular weight excluding hydrogens is 899 g/mol. The van der Waals surface area contributed by atoms with Gasteiger partial charge in [-0.1, -0.05) is 0 Å². The predicted octanol–water partition coefficient (Wildman–Crippen LogP) is 7.22. The number of hydrogen-bond donors (Lipinski definition) is 3. The summed E-state index contributed by atoms with van der Waals surface area (Å²) in [4.78, 5) is 86.4. The SMILES string of the molecule is COc1cc2c(Oc3ccc(NC(=O)c4c(C)n(C)c5ccc(OC(F)(F)F)cc5c4=O)cc3F)ncnc2cc1OCCCCCC(=O)Nc1ccc2c(c1)CN(C1CCC(=O)NC1=O)C2=O. The van der Waals surface area contributed by atoms with Crippen LogP contribution in [-0.2, 0) is 28.0 Å². The Hall–Kier alpha value is -8.10. The van der Waals surface area contributed by atoms with Gasteiger partial charge in [0.15, 0.2) is 23.1 Å². The molecule has 0 aliphatic carbocycles. The molecule has 17 nitrogen and oxygen atoms in total. The Bertz CT molecular complexity index is 3110. The molecule has 0 saturated carbocycles. The second-order valence-electron chi connectivity index (χ2n) is 16.0. The Morgan fingerprint density at radius 2 is 1.66 bits per heavy atom. The third-order valence-electron chi connectivity index (χ3n) is 11.5. The van der Waals surface area contributed by atoms with E-state index in [1.165, 1.54) is 55.1 Å². The van der Waals surface area contributed by atoms with E-state index >= 15 is 4.39 Å². The molecule has 2 aliphatic heterocycles. The Labute approximate surface area is 383 Å². The highest BCUT2D eigenvalue weighted by Crippen LogP contribution is 2.37. The number of rotatable bonds is 15. The van der Waals surface area contributed by atoms with Gasteiger partial charge >= 0.3 is 6.36 Å². The molecular formula is C47H41F4N7O10. The van der Waals surface area contributed by atoms with Gasteiger partial charge in [0, 0.05) is 61.2 Å². The van der Waals surface area contributed by atoms with E-state index in [4.69, 9.17) is 14.2 Å². The minimum absolute atomic E-state index is 0.0273. The van der Waals surface area contributed by atoms with E-state index in [9.17, 15) is 41.9 Å². The van der Waals surface area contributed by atoms with Gasteiger partial charge in [-0.25, -0.2) is 14.4 Å². The van der Waals surface area contributed by atoms with Crippen molar-refractivity contribution in [3.05, 3.63) is 111 Å². The number of imide groups is 1. The maximum atomic E-state index is 15.5. The molecule has 1 unspecified atom stereocenters. The van der Waals surface area contributed by atoms with Gasteiger partial charge in [0.25, 0.3) is 11.8 Å². The average Bonchev–Trinajstić information content (AvgIpc) is 3.61. The number of fused-ring (bicyclic) bond motifs is 3. The summed E-state index contributed by atoms with van der Waals surface area (Å²) in [6.45, 7) is 1.96. The van der Waals surface area contributed by atoms with Crippen molar-refractivity contribution in [2.24, 2.45) is 7.05 Å². The van der Waals surface area contributed by atoms with Gasteiger partial charge < -0.3 is 39.0 Å². The molecule has 68 heavy (non-hydrogen) atoms. The Morgan fingerprint density at radius 1 is 0.882 bits per heavy atom. The smallest absolute Gasteiger partial charge is 0.493 e. The zero-order valence-electron chi connectivity index (χ0n) is 36.5. The zero-order valence-corrected chi connectivity index (χ0v) is 36.5. The van der Waals surface area contributed by atoms with Crippen LogP contribution < -0.4 is 40.3 Å². The van der Waals surface area contributed by atoms with Gasteiger partial charge in [0.1, 0.15) is 23.7 Å². The van der Waals surface area contributed by atoms with Crippen LogP contribution in [0.15, 0.2) is 77.9 Å². The number of ether oxygens (including phenoxy) is 4. The third kappa shape index (κ3) is 9.86. The highest BCUT2D eigenvalue weighted by atomic mass is 19.4. The number of pyridine rings is 1. The van der Waals surface area contributed by atoms with Crippen molar-refractivity contribution in [2.75, 3.05) is 24.4 Å². The van der Waals surface area contributed by atoms with Crippen LogP contribution in [0.25, 0.3) is 21.8 Å². The molecule has 0 bridgehead atoms. The second-order valence-corrected chi connectivity index (χ2v) is 16.0. The van der Waals surface area contributed by atoms with Crippen LogP contribution in [0, 0.1) is 12.7 Å². The van der Waals surface area contributed by atoms with E-state index in [1.54, 1.807) is 30.3 Å². The quantitative estimate of drug-likeness (QED) is 0.0530. The monoisotopic (exact) mass is 939 g/mol. The lowest BCUT2D eigenvalue weighted by atomic mass is 10.0. The lowest BCUT2D eigenvalue weighted by Gasteiger charge is -2.29. The number of piperidine rings is 1. The van der Waals surface area contributed by atoms with Crippen LogP contribution in [0.4, 0.5) is 28.9 Å². The number of carbonyl (C=O) groups excluding carboxylic acids is 5. The Kier molecular flexibility index (Phi) is 13.0. The Morgan fingerprint density at radius 3 is 2.41 bits per heavy atom. The van der Waals surface area contributed by atoms with Gasteiger partial charge in [0.05, 0.1) is 35.5 Å².